The minimum absolute atomic E-state index is 0.00254. The summed E-state index contributed by atoms with van der Waals surface area (Å²) >= 11 is 0. The van der Waals surface area contributed by atoms with Crippen LogP contribution in [0.4, 0.5) is 11.6 Å². The zero-order valence-corrected chi connectivity index (χ0v) is 19.3. The number of piperidine rings is 1. The van der Waals surface area contributed by atoms with Crippen molar-refractivity contribution < 1.29 is 14.3 Å². The second-order valence-electron chi connectivity index (χ2n) is 8.35. The third-order valence-corrected chi connectivity index (χ3v) is 6.55. The van der Waals surface area contributed by atoms with E-state index in [0.29, 0.717) is 36.2 Å². The van der Waals surface area contributed by atoms with Crippen LogP contribution in [0.25, 0.3) is 0 Å². The molecule has 1 unspecified atom stereocenters. The van der Waals surface area contributed by atoms with E-state index in [9.17, 15) is 4.79 Å². The molecule has 0 aliphatic carbocycles. The molecule has 0 N–H and O–H groups in total. The van der Waals surface area contributed by atoms with E-state index in [1.165, 1.54) is 19.3 Å². The van der Waals surface area contributed by atoms with Crippen LogP contribution in [-0.4, -0.2) is 74.0 Å². The zero-order chi connectivity index (χ0) is 22.5. The van der Waals surface area contributed by atoms with Gasteiger partial charge in [-0.15, -0.1) is 10.2 Å². The van der Waals surface area contributed by atoms with E-state index < -0.39 is 0 Å². The molecule has 0 spiro atoms. The molecule has 2 fully saturated rings. The predicted octanol–water partition coefficient (Wildman–Crippen LogP) is 3.23. The van der Waals surface area contributed by atoms with Gasteiger partial charge in [-0.25, -0.2) is 0 Å². The fraction of sp³-hybridized carbons (Fsp3) is 0.542. The number of hydrogen-bond donors (Lipinski definition) is 0. The summed E-state index contributed by atoms with van der Waals surface area (Å²) in [6.45, 7) is 6.04. The lowest BCUT2D eigenvalue weighted by molar-refractivity contribution is 0.0746. The Balaban J connectivity index is 1.37. The molecule has 3 heterocycles. The molecule has 32 heavy (non-hydrogen) atoms. The van der Waals surface area contributed by atoms with Gasteiger partial charge in [0.1, 0.15) is 0 Å². The lowest BCUT2D eigenvalue weighted by Crippen LogP contribution is -2.49. The molecule has 8 heteroatoms. The molecule has 2 saturated heterocycles. The lowest BCUT2D eigenvalue weighted by Gasteiger charge is -2.37. The van der Waals surface area contributed by atoms with Crippen molar-refractivity contribution in [3.8, 4) is 11.5 Å². The van der Waals surface area contributed by atoms with Gasteiger partial charge in [0.05, 0.1) is 14.2 Å². The summed E-state index contributed by atoms with van der Waals surface area (Å²) in [4.78, 5) is 19.4. The molecule has 0 radical (unpaired) electrons. The van der Waals surface area contributed by atoms with Crippen LogP contribution in [0.3, 0.4) is 0 Å². The SMILES string of the molecule is CCC1CCCCN1c1ccc(N2CCN(C(=O)c3ccc(OC)c(OC)c3)CC2)nn1. The Morgan fingerprint density at radius 3 is 2.31 bits per heavy atom. The van der Waals surface area contributed by atoms with Gasteiger partial charge < -0.3 is 24.2 Å². The Bertz CT molecular complexity index is 912. The fourth-order valence-corrected chi connectivity index (χ4v) is 4.66. The Morgan fingerprint density at radius 1 is 0.938 bits per heavy atom. The number of carbonyl (C=O) groups is 1. The van der Waals surface area contributed by atoms with E-state index in [1.807, 2.05) is 4.90 Å². The zero-order valence-electron chi connectivity index (χ0n) is 19.3. The van der Waals surface area contributed by atoms with Crippen molar-refractivity contribution >= 4 is 17.5 Å². The first kappa shape index (κ1) is 22.2. The maximum atomic E-state index is 13.0. The second kappa shape index (κ2) is 10.1. The van der Waals surface area contributed by atoms with Crippen LogP contribution in [-0.2, 0) is 0 Å². The van der Waals surface area contributed by atoms with E-state index in [-0.39, 0.29) is 5.91 Å². The molecular formula is C24H33N5O3. The monoisotopic (exact) mass is 439 g/mol. The van der Waals surface area contributed by atoms with Crippen LogP contribution in [0, 0.1) is 0 Å². The number of amides is 1. The third kappa shape index (κ3) is 4.59. The van der Waals surface area contributed by atoms with Crippen LogP contribution in [0.5, 0.6) is 11.5 Å². The molecule has 2 aliphatic rings. The molecular weight excluding hydrogens is 406 g/mol. The summed E-state index contributed by atoms with van der Waals surface area (Å²) in [5, 5.41) is 9.06. The minimum Gasteiger partial charge on any atom is -0.493 e. The number of carbonyl (C=O) groups excluding carboxylic acids is 1. The maximum absolute atomic E-state index is 13.0. The summed E-state index contributed by atoms with van der Waals surface area (Å²) in [5.41, 5.74) is 0.604. The number of methoxy groups -OCH3 is 2. The molecule has 1 aromatic carbocycles. The first-order chi connectivity index (χ1) is 15.6. The molecule has 8 nitrogen and oxygen atoms in total. The molecule has 172 valence electrons. The number of rotatable bonds is 6. The van der Waals surface area contributed by atoms with Crippen molar-refractivity contribution in [1.82, 2.24) is 15.1 Å². The van der Waals surface area contributed by atoms with E-state index >= 15 is 0 Å². The van der Waals surface area contributed by atoms with Crippen molar-refractivity contribution in [3.05, 3.63) is 35.9 Å². The molecule has 4 rings (SSSR count). The lowest BCUT2D eigenvalue weighted by atomic mass is 10.0. The third-order valence-electron chi connectivity index (χ3n) is 6.55. The highest BCUT2D eigenvalue weighted by Crippen LogP contribution is 2.29. The van der Waals surface area contributed by atoms with E-state index in [2.05, 4.69) is 39.1 Å². The smallest absolute Gasteiger partial charge is 0.254 e. The van der Waals surface area contributed by atoms with Crippen LogP contribution in [0.1, 0.15) is 43.0 Å². The first-order valence-corrected chi connectivity index (χ1v) is 11.5. The largest absolute Gasteiger partial charge is 0.493 e. The Morgan fingerprint density at radius 2 is 1.66 bits per heavy atom. The van der Waals surface area contributed by atoms with Gasteiger partial charge in [0.2, 0.25) is 0 Å². The molecule has 1 amide bonds. The fourth-order valence-electron chi connectivity index (χ4n) is 4.66. The summed E-state index contributed by atoms with van der Waals surface area (Å²) < 4.78 is 10.6. The van der Waals surface area contributed by atoms with Gasteiger partial charge in [-0.05, 0) is 56.0 Å². The Hall–Kier alpha value is -3.03. The number of ether oxygens (including phenoxy) is 2. The number of benzene rings is 1. The number of hydrogen-bond acceptors (Lipinski definition) is 7. The van der Waals surface area contributed by atoms with Crippen molar-refractivity contribution in [1.29, 1.82) is 0 Å². The van der Waals surface area contributed by atoms with Crippen LogP contribution in [0.15, 0.2) is 30.3 Å². The molecule has 1 atom stereocenters. The highest BCUT2D eigenvalue weighted by atomic mass is 16.5. The van der Waals surface area contributed by atoms with Gasteiger partial charge in [0.25, 0.3) is 5.91 Å². The number of piperazine rings is 1. The Labute approximate surface area is 190 Å². The first-order valence-electron chi connectivity index (χ1n) is 11.5. The molecule has 2 aliphatic heterocycles. The van der Waals surface area contributed by atoms with Crippen molar-refractivity contribution in [3.63, 3.8) is 0 Å². The number of nitrogens with zero attached hydrogens (tertiary/aromatic N) is 5. The maximum Gasteiger partial charge on any atom is 0.254 e. The van der Waals surface area contributed by atoms with Gasteiger partial charge in [-0.2, -0.15) is 0 Å². The average Bonchev–Trinajstić information content (AvgIpc) is 2.88. The van der Waals surface area contributed by atoms with Crippen molar-refractivity contribution in [2.75, 3.05) is 56.7 Å². The summed E-state index contributed by atoms with van der Waals surface area (Å²) in [5.74, 6) is 3.03. The molecule has 0 bridgehead atoms. The van der Waals surface area contributed by atoms with Crippen molar-refractivity contribution in [2.24, 2.45) is 0 Å². The normalized spacial score (nSPS) is 19.1. The number of aromatic nitrogens is 2. The molecule has 1 aromatic heterocycles. The van der Waals surface area contributed by atoms with Crippen molar-refractivity contribution in [2.45, 2.75) is 38.6 Å². The van der Waals surface area contributed by atoms with Gasteiger partial charge >= 0.3 is 0 Å². The van der Waals surface area contributed by atoms with Gasteiger partial charge in [0.15, 0.2) is 23.1 Å². The molecule has 0 saturated carbocycles. The van der Waals surface area contributed by atoms with Gasteiger partial charge in [0, 0.05) is 44.3 Å². The minimum atomic E-state index is 0.00254. The highest BCUT2D eigenvalue weighted by molar-refractivity contribution is 5.95. The topological polar surface area (TPSA) is 71.0 Å². The average molecular weight is 440 g/mol. The standard InChI is InChI=1S/C24H33N5O3/c1-4-19-7-5-6-12-29(19)23-11-10-22(25-26-23)27-13-15-28(16-14-27)24(30)18-8-9-20(31-2)21(17-18)32-3/h8-11,17,19H,4-7,12-16H2,1-3H3. The van der Waals surface area contributed by atoms with Gasteiger partial charge in [-0.1, -0.05) is 6.92 Å². The quantitative estimate of drug-likeness (QED) is 0.684. The van der Waals surface area contributed by atoms with Crippen LogP contribution >= 0.6 is 0 Å². The number of anilines is 2. The van der Waals surface area contributed by atoms with E-state index in [0.717, 1.165) is 37.7 Å². The van der Waals surface area contributed by atoms with Crippen LogP contribution in [0.2, 0.25) is 0 Å². The summed E-state index contributed by atoms with van der Waals surface area (Å²) in [6, 6.07) is 10.0. The van der Waals surface area contributed by atoms with Gasteiger partial charge in [-0.3, -0.25) is 4.79 Å². The second-order valence-corrected chi connectivity index (χ2v) is 8.35. The highest BCUT2D eigenvalue weighted by Gasteiger charge is 2.25. The van der Waals surface area contributed by atoms with Crippen LogP contribution < -0.4 is 19.3 Å². The summed E-state index contributed by atoms with van der Waals surface area (Å²) in [6.07, 6.45) is 4.89. The van der Waals surface area contributed by atoms with E-state index in [4.69, 9.17) is 9.47 Å². The van der Waals surface area contributed by atoms with E-state index in [1.54, 1.807) is 32.4 Å². The molecule has 2 aromatic rings. The predicted molar refractivity (Wildman–Crippen MR) is 125 cm³/mol. The Kier molecular flexibility index (Phi) is 6.97. The summed E-state index contributed by atoms with van der Waals surface area (Å²) in [7, 11) is 3.16.